The summed E-state index contributed by atoms with van der Waals surface area (Å²) >= 11 is 2.65. The lowest BCUT2D eigenvalue weighted by atomic mass is 10.1. The second kappa shape index (κ2) is 8.62. The van der Waals surface area contributed by atoms with E-state index in [4.69, 9.17) is 4.74 Å². The molecule has 2 heterocycles. The molecule has 28 heavy (non-hydrogen) atoms. The summed E-state index contributed by atoms with van der Waals surface area (Å²) in [6, 6.07) is 7.83. The number of hydrogen-bond acceptors (Lipinski definition) is 7. The van der Waals surface area contributed by atoms with Gasteiger partial charge in [0.25, 0.3) is 0 Å². The fourth-order valence-electron chi connectivity index (χ4n) is 2.70. The number of anilines is 2. The minimum Gasteiger partial charge on any atom is -0.455 e. The molecule has 0 fully saturated rings. The number of benzene rings is 1. The number of amides is 1. The Morgan fingerprint density at radius 2 is 1.86 bits per heavy atom. The molecule has 0 unspecified atom stereocenters. The molecule has 1 aromatic carbocycles. The second-order valence-electron chi connectivity index (χ2n) is 6.22. The predicted octanol–water partition coefficient (Wildman–Crippen LogP) is 4.82. The van der Waals surface area contributed by atoms with Crippen molar-refractivity contribution in [2.45, 2.75) is 40.7 Å². The van der Waals surface area contributed by atoms with E-state index in [1.807, 2.05) is 31.2 Å². The number of esters is 1. The molecule has 0 saturated heterocycles. The first-order valence-corrected chi connectivity index (χ1v) is 10.5. The summed E-state index contributed by atoms with van der Waals surface area (Å²) in [4.78, 5) is 35.2. The third kappa shape index (κ3) is 4.45. The standard InChI is InChI=1S/C20H21N3O3S2/c1-5-15-6-8-17(9-7-15)23(14(4)24)20-22-16(11-27-20)10-26-19(25)18-12(2)21-13(3)28-18/h6-9,11H,5,10H2,1-4H3. The van der Waals surface area contributed by atoms with Gasteiger partial charge in [0.1, 0.15) is 11.5 Å². The lowest BCUT2D eigenvalue weighted by Gasteiger charge is -2.18. The first kappa shape index (κ1) is 20.2. The van der Waals surface area contributed by atoms with E-state index in [-0.39, 0.29) is 12.5 Å². The number of rotatable bonds is 6. The average Bonchev–Trinajstić information content (AvgIpc) is 3.26. The van der Waals surface area contributed by atoms with Crippen LogP contribution in [0.2, 0.25) is 0 Å². The normalized spacial score (nSPS) is 10.7. The maximum Gasteiger partial charge on any atom is 0.350 e. The summed E-state index contributed by atoms with van der Waals surface area (Å²) in [7, 11) is 0. The monoisotopic (exact) mass is 415 g/mol. The first-order chi connectivity index (χ1) is 13.4. The van der Waals surface area contributed by atoms with Crippen molar-refractivity contribution < 1.29 is 14.3 Å². The van der Waals surface area contributed by atoms with E-state index in [0.29, 0.717) is 21.4 Å². The van der Waals surface area contributed by atoms with Crippen LogP contribution in [0.5, 0.6) is 0 Å². The molecule has 146 valence electrons. The Labute approximate surface area is 171 Å². The van der Waals surface area contributed by atoms with Gasteiger partial charge in [0.15, 0.2) is 5.13 Å². The molecule has 0 aliphatic carbocycles. The van der Waals surface area contributed by atoms with Crippen molar-refractivity contribution in [3.8, 4) is 0 Å². The average molecular weight is 416 g/mol. The van der Waals surface area contributed by atoms with E-state index in [1.54, 1.807) is 17.2 Å². The molecule has 0 aliphatic rings. The van der Waals surface area contributed by atoms with Gasteiger partial charge in [-0.05, 0) is 38.0 Å². The van der Waals surface area contributed by atoms with Gasteiger partial charge in [-0.3, -0.25) is 9.69 Å². The summed E-state index contributed by atoms with van der Waals surface area (Å²) in [5.41, 5.74) is 3.24. The zero-order valence-corrected chi connectivity index (χ0v) is 17.8. The SMILES string of the molecule is CCc1ccc(N(C(C)=O)c2nc(COC(=O)c3sc(C)nc3C)cs2)cc1. The topological polar surface area (TPSA) is 72.4 Å². The highest BCUT2D eigenvalue weighted by atomic mass is 32.1. The van der Waals surface area contributed by atoms with Gasteiger partial charge in [0.05, 0.1) is 22.1 Å². The Morgan fingerprint density at radius 1 is 1.14 bits per heavy atom. The number of aromatic nitrogens is 2. The highest BCUT2D eigenvalue weighted by Crippen LogP contribution is 2.29. The molecular weight excluding hydrogens is 394 g/mol. The molecule has 6 nitrogen and oxygen atoms in total. The third-order valence-corrected chi connectivity index (χ3v) is 6.02. The smallest absolute Gasteiger partial charge is 0.350 e. The van der Waals surface area contributed by atoms with E-state index >= 15 is 0 Å². The molecule has 8 heteroatoms. The van der Waals surface area contributed by atoms with Crippen LogP contribution in [0.3, 0.4) is 0 Å². The lowest BCUT2D eigenvalue weighted by Crippen LogP contribution is -2.22. The number of thiazole rings is 2. The maximum atomic E-state index is 12.2. The summed E-state index contributed by atoms with van der Waals surface area (Å²) in [6.07, 6.45) is 0.936. The molecule has 0 spiro atoms. The number of ether oxygens (including phenoxy) is 1. The van der Waals surface area contributed by atoms with E-state index in [0.717, 1.165) is 17.1 Å². The number of hydrogen-bond donors (Lipinski definition) is 0. The van der Waals surface area contributed by atoms with Crippen molar-refractivity contribution in [1.29, 1.82) is 0 Å². The van der Waals surface area contributed by atoms with Crippen LogP contribution >= 0.6 is 22.7 Å². The molecule has 2 aromatic heterocycles. The van der Waals surface area contributed by atoms with E-state index in [1.165, 1.54) is 35.2 Å². The Hall–Kier alpha value is -2.58. The molecule has 3 aromatic rings. The van der Waals surface area contributed by atoms with Gasteiger partial charge in [0.2, 0.25) is 5.91 Å². The van der Waals surface area contributed by atoms with Gasteiger partial charge in [-0.15, -0.1) is 22.7 Å². The van der Waals surface area contributed by atoms with Crippen molar-refractivity contribution in [2.75, 3.05) is 4.90 Å². The molecule has 0 aliphatic heterocycles. The first-order valence-electron chi connectivity index (χ1n) is 8.84. The molecule has 0 N–H and O–H groups in total. The van der Waals surface area contributed by atoms with Crippen molar-refractivity contribution in [3.05, 3.63) is 56.5 Å². The molecule has 0 bridgehead atoms. The van der Waals surface area contributed by atoms with Gasteiger partial charge in [0, 0.05) is 12.3 Å². The van der Waals surface area contributed by atoms with Gasteiger partial charge >= 0.3 is 5.97 Å². The van der Waals surface area contributed by atoms with Crippen LogP contribution in [0, 0.1) is 13.8 Å². The van der Waals surface area contributed by atoms with Crippen molar-refractivity contribution in [3.63, 3.8) is 0 Å². The van der Waals surface area contributed by atoms with Crippen molar-refractivity contribution >= 4 is 45.4 Å². The Kier molecular flexibility index (Phi) is 6.21. The summed E-state index contributed by atoms with van der Waals surface area (Å²) < 4.78 is 5.37. The molecule has 1 amide bonds. The fraction of sp³-hybridized carbons (Fsp3) is 0.300. The van der Waals surface area contributed by atoms with E-state index in [9.17, 15) is 9.59 Å². The summed E-state index contributed by atoms with van der Waals surface area (Å²) in [5.74, 6) is -0.533. The number of carbonyl (C=O) groups is 2. The molecule has 0 saturated carbocycles. The summed E-state index contributed by atoms with van der Waals surface area (Å²) in [6.45, 7) is 7.28. The number of carbonyl (C=O) groups excluding carboxylic acids is 2. The van der Waals surface area contributed by atoms with Gasteiger partial charge in [-0.25, -0.2) is 14.8 Å². The highest BCUT2D eigenvalue weighted by Gasteiger charge is 2.19. The summed E-state index contributed by atoms with van der Waals surface area (Å²) in [5, 5.41) is 3.17. The molecular formula is C20H21N3O3S2. The zero-order valence-electron chi connectivity index (χ0n) is 16.2. The lowest BCUT2D eigenvalue weighted by molar-refractivity contribution is -0.115. The minimum absolute atomic E-state index is 0.0479. The minimum atomic E-state index is -0.406. The molecule has 0 radical (unpaired) electrons. The zero-order chi connectivity index (χ0) is 20.3. The van der Waals surface area contributed by atoms with Crippen molar-refractivity contribution in [2.24, 2.45) is 0 Å². The largest absolute Gasteiger partial charge is 0.455 e. The van der Waals surface area contributed by atoms with Crippen LogP contribution < -0.4 is 4.90 Å². The van der Waals surface area contributed by atoms with Crippen LogP contribution in [0.25, 0.3) is 0 Å². The van der Waals surface area contributed by atoms with Crippen LogP contribution in [-0.2, 0) is 22.6 Å². The van der Waals surface area contributed by atoms with Gasteiger partial charge < -0.3 is 4.74 Å². The molecule has 0 atom stereocenters. The maximum absolute atomic E-state index is 12.2. The van der Waals surface area contributed by atoms with Gasteiger partial charge in [-0.1, -0.05) is 19.1 Å². The van der Waals surface area contributed by atoms with Crippen LogP contribution in [0.4, 0.5) is 10.8 Å². The Balaban J connectivity index is 1.72. The fourth-order valence-corrected chi connectivity index (χ4v) is 4.38. The predicted molar refractivity (Wildman–Crippen MR) is 111 cm³/mol. The number of nitrogens with zero attached hydrogens (tertiary/aromatic N) is 3. The molecule has 3 rings (SSSR count). The van der Waals surface area contributed by atoms with E-state index in [2.05, 4.69) is 16.9 Å². The Bertz CT molecular complexity index is 993. The highest BCUT2D eigenvalue weighted by molar-refractivity contribution is 7.14. The number of aryl methyl sites for hydroxylation is 3. The van der Waals surface area contributed by atoms with Gasteiger partial charge in [-0.2, -0.15) is 0 Å². The third-order valence-electron chi connectivity index (χ3n) is 4.09. The van der Waals surface area contributed by atoms with Crippen LogP contribution in [0.15, 0.2) is 29.6 Å². The second-order valence-corrected chi connectivity index (χ2v) is 8.26. The van der Waals surface area contributed by atoms with Crippen LogP contribution in [0.1, 0.15) is 45.5 Å². The van der Waals surface area contributed by atoms with Crippen molar-refractivity contribution in [1.82, 2.24) is 9.97 Å². The van der Waals surface area contributed by atoms with E-state index < -0.39 is 5.97 Å². The quantitative estimate of drug-likeness (QED) is 0.540. The van der Waals surface area contributed by atoms with Crippen LogP contribution in [-0.4, -0.2) is 21.8 Å². The Morgan fingerprint density at radius 3 is 2.43 bits per heavy atom.